The van der Waals surface area contributed by atoms with Crippen molar-refractivity contribution in [3.63, 3.8) is 0 Å². The van der Waals surface area contributed by atoms with Gasteiger partial charge < -0.3 is 10.2 Å². The summed E-state index contributed by atoms with van der Waals surface area (Å²) in [5.41, 5.74) is 1.63. The van der Waals surface area contributed by atoms with Gasteiger partial charge in [-0.1, -0.05) is 18.6 Å². The van der Waals surface area contributed by atoms with E-state index in [1.165, 1.54) is 30.4 Å². The van der Waals surface area contributed by atoms with Crippen LogP contribution in [-0.2, 0) is 11.3 Å². The Morgan fingerprint density at radius 1 is 1.30 bits per heavy atom. The molecule has 1 fully saturated rings. The van der Waals surface area contributed by atoms with Gasteiger partial charge in [0.25, 0.3) is 5.56 Å². The van der Waals surface area contributed by atoms with Gasteiger partial charge in [-0.05, 0) is 51.3 Å². The number of carbonyl (C=O) groups is 1. The van der Waals surface area contributed by atoms with Crippen LogP contribution in [0.1, 0.15) is 44.6 Å². The number of likely N-dealkylation sites (tertiary alicyclic amines) is 1. The van der Waals surface area contributed by atoms with Crippen molar-refractivity contribution in [3.8, 4) is 0 Å². The Kier molecular flexibility index (Phi) is 6.61. The molecule has 146 valence electrons. The second kappa shape index (κ2) is 9.13. The van der Waals surface area contributed by atoms with Crippen LogP contribution in [0.15, 0.2) is 29.3 Å². The van der Waals surface area contributed by atoms with E-state index in [1.54, 1.807) is 12.4 Å². The molecule has 0 bridgehead atoms. The molecule has 1 saturated heterocycles. The van der Waals surface area contributed by atoms with Crippen molar-refractivity contribution in [1.82, 2.24) is 19.8 Å². The number of para-hydroxylation sites is 1. The van der Waals surface area contributed by atoms with Gasteiger partial charge in [-0.25, -0.2) is 4.98 Å². The van der Waals surface area contributed by atoms with Crippen LogP contribution in [0.4, 0.5) is 0 Å². The minimum Gasteiger partial charge on any atom is -0.356 e. The number of amides is 1. The van der Waals surface area contributed by atoms with E-state index >= 15 is 0 Å². The number of hydrogen-bond donors (Lipinski definition) is 1. The quantitative estimate of drug-likeness (QED) is 0.761. The van der Waals surface area contributed by atoms with Crippen LogP contribution in [0, 0.1) is 6.92 Å². The number of benzene rings is 1. The fourth-order valence-electron chi connectivity index (χ4n) is 3.81. The monoisotopic (exact) mass is 370 g/mol. The molecule has 0 aliphatic carbocycles. The number of rotatable bonds is 7. The highest BCUT2D eigenvalue weighted by atomic mass is 16.1. The zero-order chi connectivity index (χ0) is 19.2. The molecule has 27 heavy (non-hydrogen) atoms. The van der Waals surface area contributed by atoms with Gasteiger partial charge in [-0.3, -0.25) is 14.2 Å². The summed E-state index contributed by atoms with van der Waals surface area (Å²) in [5.74, 6) is -0.0158. The lowest BCUT2D eigenvalue weighted by molar-refractivity contribution is -0.121. The third kappa shape index (κ3) is 4.95. The summed E-state index contributed by atoms with van der Waals surface area (Å²) in [6.45, 7) is 7.48. The smallest absolute Gasteiger partial charge is 0.261 e. The van der Waals surface area contributed by atoms with Crippen LogP contribution in [0.2, 0.25) is 0 Å². The maximum atomic E-state index is 12.5. The van der Waals surface area contributed by atoms with E-state index in [2.05, 4.69) is 22.1 Å². The summed E-state index contributed by atoms with van der Waals surface area (Å²) in [5, 5.41) is 3.58. The zero-order valence-electron chi connectivity index (χ0n) is 16.4. The number of nitrogens with one attached hydrogen (secondary N) is 1. The summed E-state index contributed by atoms with van der Waals surface area (Å²) in [6.07, 6.45) is 6.69. The Morgan fingerprint density at radius 3 is 2.96 bits per heavy atom. The summed E-state index contributed by atoms with van der Waals surface area (Å²) >= 11 is 0. The number of piperidine rings is 1. The van der Waals surface area contributed by atoms with Gasteiger partial charge in [0.15, 0.2) is 0 Å². The van der Waals surface area contributed by atoms with Gasteiger partial charge >= 0.3 is 0 Å². The van der Waals surface area contributed by atoms with Gasteiger partial charge in [-0.2, -0.15) is 0 Å². The third-order valence-corrected chi connectivity index (χ3v) is 5.52. The van der Waals surface area contributed by atoms with Gasteiger partial charge in [0.05, 0.1) is 17.2 Å². The van der Waals surface area contributed by atoms with E-state index in [9.17, 15) is 9.59 Å². The number of aromatic nitrogens is 2. The predicted octanol–water partition coefficient (Wildman–Crippen LogP) is 2.48. The van der Waals surface area contributed by atoms with Gasteiger partial charge in [0, 0.05) is 32.1 Å². The second-order valence-corrected chi connectivity index (χ2v) is 7.55. The molecule has 1 unspecified atom stereocenters. The van der Waals surface area contributed by atoms with E-state index in [-0.39, 0.29) is 11.5 Å². The molecule has 1 aliphatic heterocycles. The first kappa shape index (κ1) is 19.5. The van der Waals surface area contributed by atoms with E-state index in [4.69, 9.17) is 0 Å². The van der Waals surface area contributed by atoms with Crippen molar-refractivity contribution in [2.75, 3.05) is 19.6 Å². The molecular formula is C21H30N4O2. The molecule has 6 nitrogen and oxygen atoms in total. The number of aryl methyl sites for hydroxylation is 2. The molecule has 0 radical (unpaired) electrons. The number of nitrogens with zero attached hydrogens (tertiary/aromatic N) is 3. The van der Waals surface area contributed by atoms with Crippen LogP contribution in [0.25, 0.3) is 10.9 Å². The standard InChI is InChI=1S/C21H30N4O2/c1-16-7-5-9-18-20(16)23-15-25(21(18)27)14-10-19(26)22-11-6-13-24-12-4-3-8-17(24)2/h5,7,9,15,17H,3-4,6,8,10-14H2,1-2H3,(H,22,26). The van der Waals surface area contributed by atoms with E-state index in [0.29, 0.717) is 30.9 Å². The first-order valence-electron chi connectivity index (χ1n) is 10.0. The Morgan fingerprint density at radius 2 is 2.15 bits per heavy atom. The van der Waals surface area contributed by atoms with Gasteiger partial charge in [0.1, 0.15) is 0 Å². The maximum absolute atomic E-state index is 12.5. The zero-order valence-corrected chi connectivity index (χ0v) is 16.4. The molecule has 1 aromatic carbocycles. The number of fused-ring (bicyclic) bond motifs is 1. The van der Waals surface area contributed by atoms with Crippen molar-refractivity contribution in [2.24, 2.45) is 0 Å². The SMILES string of the molecule is Cc1cccc2c(=O)n(CCC(=O)NCCCN3CCCCC3C)cnc12. The van der Waals surface area contributed by atoms with Crippen LogP contribution < -0.4 is 10.9 Å². The van der Waals surface area contributed by atoms with Crippen molar-refractivity contribution in [2.45, 2.75) is 58.5 Å². The van der Waals surface area contributed by atoms with Crippen LogP contribution in [0.3, 0.4) is 0 Å². The highest BCUT2D eigenvalue weighted by Gasteiger charge is 2.17. The van der Waals surface area contributed by atoms with Crippen LogP contribution in [0.5, 0.6) is 0 Å². The molecule has 1 aromatic heterocycles. The maximum Gasteiger partial charge on any atom is 0.261 e. The Hall–Kier alpha value is -2.21. The highest BCUT2D eigenvalue weighted by molar-refractivity contribution is 5.80. The number of hydrogen-bond acceptors (Lipinski definition) is 4. The van der Waals surface area contributed by atoms with Crippen molar-refractivity contribution in [3.05, 3.63) is 40.4 Å². The third-order valence-electron chi connectivity index (χ3n) is 5.52. The van der Waals surface area contributed by atoms with Crippen molar-refractivity contribution < 1.29 is 4.79 Å². The summed E-state index contributed by atoms with van der Waals surface area (Å²) < 4.78 is 1.52. The van der Waals surface area contributed by atoms with Crippen LogP contribution >= 0.6 is 0 Å². The van der Waals surface area contributed by atoms with Gasteiger partial charge in [0.2, 0.25) is 5.91 Å². The first-order chi connectivity index (χ1) is 13.1. The molecule has 0 spiro atoms. The molecule has 1 N–H and O–H groups in total. The summed E-state index contributed by atoms with van der Waals surface area (Å²) in [7, 11) is 0. The molecule has 3 rings (SSSR count). The Balaban J connectivity index is 1.45. The molecule has 1 amide bonds. The Bertz CT molecular complexity index is 846. The fourth-order valence-corrected chi connectivity index (χ4v) is 3.81. The lowest BCUT2D eigenvalue weighted by Gasteiger charge is -2.33. The average molecular weight is 370 g/mol. The molecule has 1 aliphatic rings. The highest BCUT2D eigenvalue weighted by Crippen LogP contribution is 2.16. The predicted molar refractivity (Wildman–Crippen MR) is 108 cm³/mol. The fraction of sp³-hybridized carbons (Fsp3) is 0.571. The lowest BCUT2D eigenvalue weighted by Crippen LogP contribution is -2.39. The molecule has 2 heterocycles. The minimum absolute atomic E-state index is 0.0158. The molecule has 0 saturated carbocycles. The van der Waals surface area contributed by atoms with E-state index < -0.39 is 0 Å². The average Bonchev–Trinajstić information content (AvgIpc) is 2.66. The number of carbonyl (C=O) groups excluding carboxylic acids is 1. The first-order valence-corrected chi connectivity index (χ1v) is 10.0. The normalized spacial score (nSPS) is 17.9. The van der Waals surface area contributed by atoms with Crippen molar-refractivity contribution in [1.29, 1.82) is 0 Å². The summed E-state index contributed by atoms with van der Waals surface area (Å²) in [6, 6.07) is 6.25. The van der Waals surface area contributed by atoms with Crippen molar-refractivity contribution >= 4 is 16.8 Å². The molecule has 1 atom stereocenters. The largest absolute Gasteiger partial charge is 0.356 e. The minimum atomic E-state index is -0.0874. The van der Waals surface area contributed by atoms with Crippen LogP contribution in [-0.4, -0.2) is 46.0 Å². The van der Waals surface area contributed by atoms with Gasteiger partial charge in [-0.15, -0.1) is 0 Å². The molecule has 2 aromatic rings. The Labute approximate surface area is 160 Å². The lowest BCUT2D eigenvalue weighted by atomic mass is 10.0. The molecule has 6 heteroatoms. The van der Waals surface area contributed by atoms with E-state index in [0.717, 1.165) is 24.0 Å². The summed E-state index contributed by atoms with van der Waals surface area (Å²) in [4.78, 5) is 31.5. The second-order valence-electron chi connectivity index (χ2n) is 7.55. The molecular weight excluding hydrogens is 340 g/mol. The topological polar surface area (TPSA) is 67.2 Å². The van der Waals surface area contributed by atoms with E-state index in [1.807, 2.05) is 19.1 Å².